The maximum atomic E-state index is 7.16. The number of unbranched alkanes of at least 4 members (excludes halogenated alkanes) is 8. The summed E-state index contributed by atoms with van der Waals surface area (Å²) < 4.78 is 25.6. The predicted octanol–water partition coefficient (Wildman–Crippen LogP) is 17.1. The van der Waals surface area contributed by atoms with Crippen LogP contribution in [0.3, 0.4) is 0 Å². The van der Waals surface area contributed by atoms with Crippen molar-refractivity contribution >= 4 is 0 Å². The summed E-state index contributed by atoms with van der Waals surface area (Å²) in [5.74, 6) is 3.55. The lowest BCUT2D eigenvalue weighted by Crippen LogP contribution is -2.25. The van der Waals surface area contributed by atoms with Crippen LogP contribution in [-0.4, -0.2) is 38.6 Å². The summed E-state index contributed by atoms with van der Waals surface area (Å²) >= 11 is 0. The highest BCUT2D eigenvalue weighted by molar-refractivity contribution is 5.55. The molecule has 0 aromatic heterocycles. The molecule has 360 valence electrons. The van der Waals surface area contributed by atoms with Crippen molar-refractivity contribution in [3.63, 3.8) is 0 Å². The summed E-state index contributed by atoms with van der Waals surface area (Å²) in [5.41, 5.74) is 8.47. The molecule has 4 rings (SSSR count). The van der Waals surface area contributed by atoms with Crippen molar-refractivity contribution in [1.82, 2.24) is 0 Å². The van der Waals surface area contributed by atoms with Crippen molar-refractivity contribution in [3.8, 4) is 11.5 Å². The van der Waals surface area contributed by atoms with E-state index in [0.717, 1.165) is 84.2 Å². The van der Waals surface area contributed by atoms with Crippen LogP contribution in [0, 0.1) is 11.8 Å². The van der Waals surface area contributed by atoms with Gasteiger partial charge in [0.05, 0.1) is 38.6 Å². The third-order valence-electron chi connectivity index (χ3n) is 15.3. The van der Waals surface area contributed by atoms with E-state index in [0.29, 0.717) is 24.0 Å². The van der Waals surface area contributed by atoms with Crippen LogP contribution in [0.2, 0.25) is 0 Å². The van der Waals surface area contributed by atoms with E-state index in [1.165, 1.54) is 122 Å². The molecule has 2 aliphatic heterocycles. The molecular formula is C59H100O4. The second kappa shape index (κ2) is 25.2. The maximum Gasteiger partial charge on any atom is 0.126 e. The molecule has 0 radical (unpaired) electrons. The van der Waals surface area contributed by atoms with Crippen LogP contribution in [0.4, 0.5) is 0 Å². The Morgan fingerprint density at radius 2 is 0.730 bits per heavy atom. The summed E-state index contributed by atoms with van der Waals surface area (Å²) in [4.78, 5) is 0. The van der Waals surface area contributed by atoms with Crippen molar-refractivity contribution < 1.29 is 18.9 Å². The largest absolute Gasteiger partial charge is 0.493 e. The topological polar surface area (TPSA) is 43.5 Å². The molecule has 4 nitrogen and oxygen atoms in total. The Morgan fingerprint density at radius 3 is 0.968 bits per heavy atom. The molecule has 0 spiro atoms. The first-order chi connectivity index (χ1) is 29.9. The number of hydrogen-bond acceptors (Lipinski definition) is 4. The highest BCUT2D eigenvalue weighted by Gasteiger charge is 2.36. The molecule has 2 aromatic carbocycles. The molecule has 63 heavy (non-hydrogen) atoms. The zero-order valence-corrected chi connectivity index (χ0v) is 43.9. The van der Waals surface area contributed by atoms with Gasteiger partial charge in [-0.3, -0.25) is 0 Å². The van der Waals surface area contributed by atoms with Gasteiger partial charge in [-0.15, -0.1) is 0 Å². The van der Waals surface area contributed by atoms with Crippen LogP contribution in [0.1, 0.15) is 259 Å². The summed E-state index contributed by atoms with van der Waals surface area (Å²) in [6.45, 7) is 37.3. The normalized spacial score (nSPS) is 17.8. The number of ether oxygens (including phenoxy) is 4. The van der Waals surface area contributed by atoms with Crippen LogP contribution in [0.15, 0.2) is 24.3 Å². The second-order valence-corrected chi connectivity index (χ2v) is 23.3. The molecule has 2 heterocycles. The average molecular weight is 873 g/mol. The Morgan fingerprint density at radius 1 is 0.460 bits per heavy atom. The van der Waals surface area contributed by atoms with Crippen molar-refractivity contribution in [3.05, 3.63) is 57.6 Å². The molecule has 0 aliphatic carbocycles. The first-order valence-electron chi connectivity index (χ1n) is 26.7. The van der Waals surface area contributed by atoms with E-state index in [1.54, 1.807) is 0 Å². The summed E-state index contributed by atoms with van der Waals surface area (Å²) in [7, 11) is 0. The molecule has 4 atom stereocenters. The molecule has 2 aromatic rings. The van der Waals surface area contributed by atoms with Gasteiger partial charge in [-0.25, -0.2) is 0 Å². The van der Waals surface area contributed by atoms with Gasteiger partial charge in [0.2, 0.25) is 0 Å². The molecule has 2 saturated heterocycles. The van der Waals surface area contributed by atoms with Crippen LogP contribution in [0.25, 0.3) is 0 Å². The maximum absolute atomic E-state index is 7.16. The highest BCUT2D eigenvalue weighted by Crippen LogP contribution is 2.48. The van der Waals surface area contributed by atoms with Crippen LogP contribution >= 0.6 is 0 Å². The molecule has 0 bridgehead atoms. The van der Waals surface area contributed by atoms with Gasteiger partial charge in [0, 0.05) is 22.3 Å². The third-order valence-corrected chi connectivity index (χ3v) is 15.3. The zero-order valence-electron chi connectivity index (χ0n) is 43.9. The highest BCUT2D eigenvalue weighted by atomic mass is 16.6. The molecule has 4 heteroatoms. The fraction of sp³-hybridized carbons (Fsp3) is 0.797. The average Bonchev–Trinajstić information content (AvgIpc) is 4.16. The monoisotopic (exact) mass is 873 g/mol. The van der Waals surface area contributed by atoms with E-state index in [1.807, 2.05) is 0 Å². The van der Waals surface area contributed by atoms with Crippen molar-refractivity contribution in [1.29, 1.82) is 0 Å². The van der Waals surface area contributed by atoms with Gasteiger partial charge in [0.25, 0.3) is 0 Å². The van der Waals surface area contributed by atoms with Crippen LogP contribution in [0.5, 0.6) is 11.5 Å². The van der Waals surface area contributed by atoms with Crippen LogP contribution in [-0.2, 0) is 37.6 Å². The summed E-state index contributed by atoms with van der Waals surface area (Å²) in [6.07, 6.45) is 25.9. The van der Waals surface area contributed by atoms with E-state index >= 15 is 0 Å². The van der Waals surface area contributed by atoms with Gasteiger partial charge in [-0.05, 0) is 102 Å². The smallest absolute Gasteiger partial charge is 0.126 e. The van der Waals surface area contributed by atoms with Gasteiger partial charge < -0.3 is 18.9 Å². The lowest BCUT2D eigenvalue weighted by molar-refractivity contribution is 0.262. The molecule has 0 saturated carbocycles. The molecule has 2 fully saturated rings. The number of hydrogen-bond donors (Lipinski definition) is 0. The zero-order chi connectivity index (χ0) is 46.3. The quantitative estimate of drug-likeness (QED) is 0.0519. The van der Waals surface area contributed by atoms with E-state index in [9.17, 15) is 0 Å². The second-order valence-electron chi connectivity index (χ2n) is 23.3. The van der Waals surface area contributed by atoms with E-state index in [2.05, 4.69) is 121 Å². The van der Waals surface area contributed by atoms with Crippen molar-refractivity contribution in [2.24, 2.45) is 11.8 Å². The molecule has 4 unspecified atom stereocenters. The Kier molecular flexibility index (Phi) is 21.4. The standard InChI is InChI=1S/C59H100O4/c1-15-19-23-31-56(7,8)48-38-46(39-49(57(9,10)32-24-20-16-2)54(48)60-35-27-29-44(5)52-42-62-52)37-47-40-50(58(11,12)33-25-21-17-3)55(61-36-28-30-45(6)53-43-63-53)51(41-47)59(13,14)34-26-22-18-4/h38-41,44-45,52-53H,15-37,42-43H2,1-14H3. The summed E-state index contributed by atoms with van der Waals surface area (Å²) in [5, 5.41) is 0. The van der Waals surface area contributed by atoms with Gasteiger partial charge in [0.15, 0.2) is 0 Å². The minimum absolute atomic E-state index is 0.0103. The molecule has 0 N–H and O–H groups in total. The van der Waals surface area contributed by atoms with E-state index < -0.39 is 0 Å². The van der Waals surface area contributed by atoms with E-state index in [4.69, 9.17) is 18.9 Å². The molecule has 0 amide bonds. The van der Waals surface area contributed by atoms with Gasteiger partial charge in [-0.1, -0.05) is 198 Å². The van der Waals surface area contributed by atoms with Gasteiger partial charge >= 0.3 is 0 Å². The predicted molar refractivity (Wildman–Crippen MR) is 272 cm³/mol. The lowest BCUT2D eigenvalue weighted by Gasteiger charge is -2.35. The van der Waals surface area contributed by atoms with Crippen LogP contribution < -0.4 is 9.47 Å². The fourth-order valence-electron chi connectivity index (χ4n) is 10.2. The Balaban J connectivity index is 1.88. The third kappa shape index (κ3) is 16.7. The SMILES string of the molecule is CCCCCC(C)(C)c1cc(Cc2cc(C(C)(C)CCCCC)c(OCCCC(C)C3CO3)c(C(C)(C)CCCCC)c2)cc(C(C)(C)CCCCC)c1OCCCC(C)C1CO1. The first-order valence-corrected chi connectivity index (χ1v) is 26.7. The van der Waals surface area contributed by atoms with E-state index in [-0.39, 0.29) is 21.7 Å². The first kappa shape index (κ1) is 53.6. The van der Waals surface area contributed by atoms with Crippen molar-refractivity contribution in [2.75, 3.05) is 26.4 Å². The van der Waals surface area contributed by atoms with Crippen molar-refractivity contribution in [2.45, 2.75) is 266 Å². The minimum atomic E-state index is -0.0103. The molecule has 2 aliphatic rings. The number of benzene rings is 2. The van der Waals surface area contributed by atoms with Gasteiger partial charge in [0.1, 0.15) is 11.5 Å². The minimum Gasteiger partial charge on any atom is -0.493 e. The number of rotatable bonds is 34. The fourth-order valence-corrected chi connectivity index (χ4v) is 10.2. The Labute approximate surface area is 390 Å². The lowest BCUT2D eigenvalue weighted by atomic mass is 9.71. The summed E-state index contributed by atoms with van der Waals surface area (Å²) in [6, 6.07) is 10.3. The Bertz CT molecular complexity index is 1420. The van der Waals surface area contributed by atoms with Gasteiger partial charge in [-0.2, -0.15) is 0 Å². The molecular weight excluding hydrogens is 773 g/mol. The Hall–Kier alpha value is -2.04. The number of epoxide rings is 2.